The van der Waals surface area contributed by atoms with Gasteiger partial charge in [0.1, 0.15) is 11.6 Å². The summed E-state index contributed by atoms with van der Waals surface area (Å²) in [5.41, 5.74) is -1.15. The zero-order chi connectivity index (χ0) is 17.3. The Morgan fingerprint density at radius 3 is 2.52 bits per heavy atom. The van der Waals surface area contributed by atoms with Gasteiger partial charge in [-0.2, -0.15) is 4.31 Å². The second-order valence-electron chi connectivity index (χ2n) is 6.20. The molecule has 8 heteroatoms. The third-order valence-corrected chi connectivity index (χ3v) is 5.30. The monoisotopic (exact) mass is 349 g/mol. The fraction of sp³-hybridized carbons (Fsp3) is 0.600. The second-order valence-corrected chi connectivity index (χ2v) is 8.17. The lowest BCUT2D eigenvalue weighted by molar-refractivity contribution is -0.135. The number of nitrogens with zero attached hydrogens (tertiary/aromatic N) is 1. The Bertz CT molecular complexity index is 643. The van der Waals surface area contributed by atoms with Crippen molar-refractivity contribution in [2.45, 2.75) is 31.3 Å². The van der Waals surface area contributed by atoms with Crippen molar-refractivity contribution in [3.05, 3.63) is 35.4 Å². The summed E-state index contributed by atoms with van der Waals surface area (Å²) in [6.45, 7) is 3.98. The van der Waals surface area contributed by atoms with Crippen molar-refractivity contribution < 1.29 is 26.7 Å². The highest BCUT2D eigenvalue weighted by atomic mass is 32.2. The molecule has 1 aromatic rings. The van der Waals surface area contributed by atoms with Crippen LogP contribution in [0, 0.1) is 11.6 Å². The van der Waals surface area contributed by atoms with Crippen molar-refractivity contribution in [2.75, 3.05) is 26.8 Å². The number of hydrogen-bond donors (Lipinski definition) is 0. The standard InChI is InChI=1S/C15H21F2NO4S/c1-15(2)10-18(7-11(22-15)8-21-3)23(19,20)9-12-13(16)5-4-6-14(12)17/h4-6,11H,7-10H2,1-3H3/t11-/m1/s1. The van der Waals surface area contributed by atoms with Crippen LogP contribution in [0.15, 0.2) is 18.2 Å². The van der Waals surface area contributed by atoms with Crippen molar-refractivity contribution in [1.82, 2.24) is 4.31 Å². The SMILES string of the molecule is COC[C@H]1CN(S(=O)(=O)Cc2c(F)cccc2F)CC(C)(C)O1. The zero-order valence-corrected chi connectivity index (χ0v) is 14.2. The van der Waals surface area contributed by atoms with Crippen molar-refractivity contribution in [3.63, 3.8) is 0 Å². The van der Waals surface area contributed by atoms with Crippen LogP contribution in [0.25, 0.3) is 0 Å². The van der Waals surface area contributed by atoms with E-state index in [1.54, 1.807) is 13.8 Å². The van der Waals surface area contributed by atoms with E-state index in [1.807, 2.05) is 0 Å². The van der Waals surface area contributed by atoms with E-state index in [4.69, 9.17) is 9.47 Å². The molecular formula is C15H21F2NO4S. The molecule has 1 heterocycles. The normalized spacial score (nSPS) is 22.2. The number of ether oxygens (including phenoxy) is 2. The van der Waals surface area contributed by atoms with Crippen LogP contribution in [0.2, 0.25) is 0 Å². The van der Waals surface area contributed by atoms with Gasteiger partial charge in [0.05, 0.1) is 24.1 Å². The van der Waals surface area contributed by atoms with Gasteiger partial charge < -0.3 is 9.47 Å². The second kappa shape index (κ2) is 6.80. The van der Waals surface area contributed by atoms with Gasteiger partial charge in [0.15, 0.2) is 0 Å². The molecule has 0 unspecified atom stereocenters. The Hall–Kier alpha value is -1.09. The Balaban J connectivity index is 2.24. The lowest BCUT2D eigenvalue weighted by Crippen LogP contribution is -2.55. The highest BCUT2D eigenvalue weighted by molar-refractivity contribution is 7.88. The summed E-state index contributed by atoms with van der Waals surface area (Å²) in [6.07, 6.45) is -0.427. The zero-order valence-electron chi connectivity index (χ0n) is 13.4. The molecule has 0 N–H and O–H groups in total. The smallest absolute Gasteiger partial charge is 0.218 e. The van der Waals surface area contributed by atoms with Gasteiger partial charge in [0.2, 0.25) is 10.0 Å². The molecule has 1 aliphatic rings. The summed E-state index contributed by atoms with van der Waals surface area (Å²) in [5.74, 6) is -2.45. The first-order chi connectivity index (χ1) is 10.6. The predicted molar refractivity (Wildman–Crippen MR) is 81.4 cm³/mol. The minimum absolute atomic E-state index is 0.0929. The Morgan fingerprint density at radius 2 is 1.96 bits per heavy atom. The molecule has 1 fully saturated rings. The number of hydrogen-bond acceptors (Lipinski definition) is 4. The summed E-state index contributed by atoms with van der Waals surface area (Å²) in [7, 11) is -2.39. The molecule has 1 saturated heterocycles. The summed E-state index contributed by atoms with van der Waals surface area (Å²) < 4.78 is 64.6. The fourth-order valence-electron chi connectivity index (χ4n) is 2.67. The van der Waals surface area contributed by atoms with Gasteiger partial charge in [-0.25, -0.2) is 17.2 Å². The lowest BCUT2D eigenvalue weighted by atomic mass is 10.1. The first-order valence-corrected chi connectivity index (χ1v) is 8.83. The van der Waals surface area contributed by atoms with E-state index in [0.29, 0.717) is 0 Å². The molecule has 1 aromatic carbocycles. The number of methoxy groups -OCH3 is 1. The van der Waals surface area contributed by atoms with E-state index in [0.717, 1.165) is 12.1 Å². The Kier molecular flexibility index (Phi) is 5.40. The van der Waals surface area contributed by atoms with Crippen LogP contribution in [0.4, 0.5) is 8.78 Å². The Morgan fingerprint density at radius 1 is 1.35 bits per heavy atom. The first kappa shape index (κ1) is 18.3. The molecule has 0 radical (unpaired) electrons. The average Bonchev–Trinajstić information content (AvgIpc) is 2.42. The van der Waals surface area contributed by atoms with E-state index >= 15 is 0 Å². The Labute approximate surface area is 135 Å². The third-order valence-electron chi connectivity index (χ3n) is 3.58. The maximum absolute atomic E-state index is 13.7. The molecule has 0 amide bonds. The van der Waals surface area contributed by atoms with Crippen LogP contribution >= 0.6 is 0 Å². The summed E-state index contributed by atoms with van der Waals surface area (Å²) in [4.78, 5) is 0. The molecule has 0 spiro atoms. The number of sulfonamides is 1. The molecule has 5 nitrogen and oxygen atoms in total. The molecule has 23 heavy (non-hydrogen) atoms. The summed E-state index contributed by atoms with van der Waals surface area (Å²) in [6, 6.07) is 3.29. The van der Waals surface area contributed by atoms with Gasteiger partial charge in [-0.3, -0.25) is 0 Å². The summed E-state index contributed by atoms with van der Waals surface area (Å²) in [5, 5.41) is 0. The fourth-order valence-corrected chi connectivity index (χ4v) is 4.39. The average molecular weight is 349 g/mol. The van der Waals surface area contributed by atoms with Gasteiger partial charge >= 0.3 is 0 Å². The lowest BCUT2D eigenvalue weighted by Gasteiger charge is -2.41. The molecule has 0 aliphatic carbocycles. The highest BCUT2D eigenvalue weighted by Gasteiger charge is 2.39. The van der Waals surface area contributed by atoms with Crippen LogP contribution in [0.1, 0.15) is 19.4 Å². The van der Waals surface area contributed by atoms with E-state index in [2.05, 4.69) is 0 Å². The topological polar surface area (TPSA) is 55.8 Å². The van der Waals surface area contributed by atoms with E-state index < -0.39 is 44.7 Å². The van der Waals surface area contributed by atoms with Crippen LogP contribution in [-0.2, 0) is 25.2 Å². The molecule has 0 aromatic heterocycles. The van der Waals surface area contributed by atoms with Gasteiger partial charge in [0.25, 0.3) is 0 Å². The minimum Gasteiger partial charge on any atom is -0.382 e. The summed E-state index contributed by atoms with van der Waals surface area (Å²) >= 11 is 0. The van der Waals surface area contributed by atoms with Crippen LogP contribution in [-0.4, -0.2) is 51.2 Å². The van der Waals surface area contributed by atoms with Crippen LogP contribution in [0.3, 0.4) is 0 Å². The van der Waals surface area contributed by atoms with E-state index in [1.165, 1.54) is 17.5 Å². The molecule has 2 rings (SSSR count). The first-order valence-electron chi connectivity index (χ1n) is 7.22. The molecule has 130 valence electrons. The van der Waals surface area contributed by atoms with E-state index in [-0.39, 0.29) is 19.7 Å². The quantitative estimate of drug-likeness (QED) is 0.815. The third kappa shape index (κ3) is 4.47. The van der Waals surface area contributed by atoms with Crippen molar-refractivity contribution in [1.29, 1.82) is 0 Å². The predicted octanol–water partition coefficient (Wildman–Crippen LogP) is 1.92. The van der Waals surface area contributed by atoms with Gasteiger partial charge in [-0.05, 0) is 26.0 Å². The van der Waals surface area contributed by atoms with E-state index in [9.17, 15) is 17.2 Å². The van der Waals surface area contributed by atoms with Crippen LogP contribution in [0.5, 0.6) is 0 Å². The van der Waals surface area contributed by atoms with Crippen LogP contribution < -0.4 is 0 Å². The van der Waals surface area contributed by atoms with Gasteiger partial charge in [-0.1, -0.05) is 6.07 Å². The molecule has 0 saturated carbocycles. The minimum atomic E-state index is -3.89. The van der Waals surface area contributed by atoms with Crippen molar-refractivity contribution >= 4 is 10.0 Å². The largest absolute Gasteiger partial charge is 0.382 e. The number of rotatable bonds is 5. The maximum Gasteiger partial charge on any atom is 0.218 e. The van der Waals surface area contributed by atoms with Crippen molar-refractivity contribution in [2.24, 2.45) is 0 Å². The molecular weight excluding hydrogens is 328 g/mol. The molecule has 1 aliphatic heterocycles. The maximum atomic E-state index is 13.7. The highest BCUT2D eigenvalue weighted by Crippen LogP contribution is 2.26. The number of benzene rings is 1. The molecule has 1 atom stereocenters. The number of morpholine rings is 1. The van der Waals surface area contributed by atoms with Gasteiger partial charge in [0, 0.05) is 25.8 Å². The molecule has 0 bridgehead atoms. The van der Waals surface area contributed by atoms with Gasteiger partial charge in [-0.15, -0.1) is 0 Å². The van der Waals surface area contributed by atoms with Crippen molar-refractivity contribution in [3.8, 4) is 0 Å². The number of halogens is 2.